The number of hydrazine groups is 1. The van der Waals surface area contributed by atoms with Gasteiger partial charge in [-0.15, -0.1) is 0 Å². The van der Waals surface area contributed by atoms with E-state index in [4.69, 9.17) is 4.74 Å². The zero-order valence-corrected chi connectivity index (χ0v) is 28.3. The lowest BCUT2D eigenvalue weighted by atomic mass is 9.49. The number of hydrogen-bond donors (Lipinski definition) is 2. The second-order valence-corrected chi connectivity index (χ2v) is 13.8. The quantitative estimate of drug-likeness (QED) is 0.168. The Balaban J connectivity index is 1.32. The van der Waals surface area contributed by atoms with E-state index < -0.39 is 46.8 Å². The molecule has 8 rings (SSSR count). The number of allylic oxidation sites excluding steroid dienone is 2. The Labute approximate surface area is 295 Å². The Kier molecular flexibility index (Phi) is 7.67. The maximum Gasteiger partial charge on any atom is 0.260 e. The molecule has 4 aromatic carbocycles. The van der Waals surface area contributed by atoms with Crippen molar-refractivity contribution in [3.05, 3.63) is 138 Å². The van der Waals surface area contributed by atoms with Gasteiger partial charge in [0.1, 0.15) is 11.5 Å². The third kappa shape index (κ3) is 4.75. The van der Waals surface area contributed by atoms with E-state index in [2.05, 4.69) is 12.0 Å². The molecule has 2 aliphatic heterocycles. The molecule has 0 radical (unpaired) electrons. The van der Waals surface area contributed by atoms with Crippen LogP contribution in [0.5, 0.6) is 11.5 Å². The van der Waals surface area contributed by atoms with Crippen LogP contribution in [-0.4, -0.2) is 40.9 Å². The standard InChI is InChI=1S/C42H37N3O6/c1-4-25-12-16-28(17-13-25)44-38(47)32-21-20-30-33(36(32)40(44)49)23-34-39(48)45(43-27-14-10-24(2)11-15-27)41(50)42(34,26-8-6-5-7-9-26)37(30)31-19-18-29(46)22-35(31)51-3/h4-20,22,32-34,36-37,43,46H,1,21,23H2,2-3H3/t32-,33+,34-,36-,37+,42+/m0/s1. The van der Waals surface area contributed by atoms with Crippen LogP contribution < -0.4 is 15.1 Å². The summed E-state index contributed by atoms with van der Waals surface area (Å²) < 4.78 is 5.85. The summed E-state index contributed by atoms with van der Waals surface area (Å²) in [6.45, 7) is 5.76. The molecule has 4 aliphatic rings. The SMILES string of the molecule is C=Cc1ccc(N2C(=O)[C@H]3[C@H](CC=C4[C@H]3C[C@H]3C(=O)N(Nc5ccc(C)cc5)C(=O)[C@@]3(c3ccccc3)[C@H]4c3ccc(O)cc3OC)C2=O)cc1. The van der Waals surface area contributed by atoms with Crippen LogP contribution in [0.15, 0.2) is 115 Å². The molecular weight excluding hydrogens is 642 g/mol. The van der Waals surface area contributed by atoms with Gasteiger partial charge >= 0.3 is 0 Å². The van der Waals surface area contributed by atoms with Crippen molar-refractivity contribution in [3.63, 3.8) is 0 Å². The molecule has 0 unspecified atom stereocenters. The summed E-state index contributed by atoms with van der Waals surface area (Å²) in [5.41, 5.74) is 6.69. The molecule has 0 bridgehead atoms. The van der Waals surface area contributed by atoms with Gasteiger partial charge in [0.15, 0.2) is 0 Å². The lowest BCUT2D eigenvalue weighted by Gasteiger charge is -2.50. The molecule has 1 saturated carbocycles. The molecule has 2 aliphatic carbocycles. The summed E-state index contributed by atoms with van der Waals surface area (Å²) in [6.07, 6.45) is 4.18. The number of aromatic hydroxyl groups is 1. The molecule has 0 aromatic heterocycles. The molecule has 6 atom stereocenters. The molecule has 4 amide bonds. The van der Waals surface area contributed by atoms with Gasteiger partial charge in [-0.3, -0.25) is 29.5 Å². The highest BCUT2D eigenvalue weighted by atomic mass is 16.5. The Hall–Kier alpha value is -5.96. The van der Waals surface area contributed by atoms with E-state index in [-0.39, 0.29) is 24.0 Å². The Morgan fingerprint density at radius 1 is 0.882 bits per heavy atom. The van der Waals surface area contributed by atoms with Gasteiger partial charge in [-0.2, -0.15) is 5.01 Å². The first-order valence-electron chi connectivity index (χ1n) is 17.1. The molecule has 2 saturated heterocycles. The molecule has 2 heterocycles. The van der Waals surface area contributed by atoms with Gasteiger partial charge in [0, 0.05) is 17.5 Å². The maximum absolute atomic E-state index is 15.3. The number of nitrogens with one attached hydrogen (secondary N) is 1. The number of fused-ring (bicyclic) bond motifs is 4. The van der Waals surface area contributed by atoms with Crippen LogP contribution in [-0.2, 0) is 24.6 Å². The van der Waals surface area contributed by atoms with Gasteiger partial charge in [0.05, 0.1) is 41.7 Å². The molecule has 51 heavy (non-hydrogen) atoms. The lowest BCUT2D eigenvalue weighted by molar-refractivity contribution is -0.138. The minimum absolute atomic E-state index is 0.0165. The number of imide groups is 2. The van der Waals surface area contributed by atoms with E-state index in [1.54, 1.807) is 30.3 Å². The van der Waals surface area contributed by atoms with Crippen molar-refractivity contribution in [2.45, 2.75) is 31.1 Å². The number of benzene rings is 4. The van der Waals surface area contributed by atoms with Gasteiger partial charge in [0.25, 0.3) is 11.8 Å². The van der Waals surface area contributed by atoms with E-state index in [0.29, 0.717) is 34.7 Å². The number of methoxy groups -OCH3 is 1. The fourth-order valence-corrected chi connectivity index (χ4v) is 9.04. The number of aryl methyl sites for hydroxylation is 1. The average Bonchev–Trinajstić information content (AvgIpc) is 3.53. The predicted molar refractivity (Wildman–Crippen MR) is 192 cm³/mol. The second kappa shape index (κ2) is 12.1. The van der Waals surface area contributed by atoms with E-state index in [1.807, 2.05) is 79.7 Å². The van der Waals surface area contributed by atoms with Crippen LogP contribution in [0.4, 0.5) is 11.4 Å². The minimum Gasteiger partial charge on any atom is -0.508 e. The summed E-state index contributed by atoms with van der Waals surface area (Å²) >= 11 is 0. The summed E-state index contributed by atoms with van der Waals surface area (Å²) in [5, 5.41) is 11.6. The van der Waals surface area contributed by atoms with Gasteiger partial charge in [0.2, 0.25) is 11.8 Å². The highest BCUT2D eigenvalue weighted by Crippen LogP contribution is 2.65. The molecular formula is C42H37N3O6. The summed E-state index contributed by atoms with van der Waals surface area (Å²) in [7, 11) is 1.50. The predicted octanol–water partition coefficient (Wildman–Crippen LogP) is 6.54. The van der Waals surface area contributed by atoms with Crippen molar-refractivity contribution in [1.82, 2.24) is 5.01 Å². The normalized spacial score (nSPS) is 26.7. The van der Waals surface area contributed by atoms with Crippen LogP contribution in [0.3, 0.4) is 0 Å². The van der Waals surface area contributed by atoms with Crippen molar-refractivity contribution in [3.8, 4) is 11.5 Å². The van der Waals surface area contributed by atoms with Gasteiger partial charge in [-0.05, 0) is 67.1 Å². The summed E-state index contributed by atoms with van der Waals surface area (Å²) in [4.78, 5) is 60.0. The first-order valence-corrected chi connectivity index (χ1v) is 17.1. The van der Waals surface area contributed by atoms with Gasteiger partial charge in [-0.25, -0.2) is 0 Å². The van der Waals surface area contributed by atoms with Crippen molar-refractivity contribution in [2.75, 3.05) is 17.4 Å². The van der Waals surface area contributed by atoms with Crippen molar-refractivity contribution >= 4 is 41.1 Å². The number of hydrogen-bond acceptors (Lipinski definition) is 7. The van der Waals surface area contributed by atoms with Crippen molar-refractivity contribution < 1.29 is 29.0 Å². The van der Waals surface area contributed by atoms with Crippen molar-refractivity contribution in [1.29, 1.82) is 0 Å². The second-order valence-electron chi connectivity index (χ2n) is 13.8. The van der Waals surface area contributed by atoms with Crippen LogP contribution in [0, 0.1) is 30.6 Å². The van der Waals surface area contributed by atoms with Crippen LogP contribution in [0.2, 0.25) is 0 Å². The monoisotopic (exact) mass is 679 g/mol. The molecule has 2 N–H and O–H groups in total. The highest BCUT2D eigenvalue weighted by Gasteiger charge is 2.70. The van der Waals surface area contributed by atoms with Crippen LogP contribution in [0.25, 0.3) is 6.08 Å². The third-order valence-corrected chi connectivity index (χ3v) is 11.3. The fourth-order valence-electron chi connectivity index (χ4n) is 9.04. The zero-order chi connectivity index (χ0) is 35.6. The number of carbonyl (C=O) groups is 4. The highest BCUT2D eigenvalue weighted by molar-refractivity contribution is 6.22. The van der Waals surface area contributed by atoms with Crippen molar-refractivity contribution in [2.24, 2.45) is 23.7 Å². The topological polar surface area (TPSA) is 116 Å². The average molecular weight is 680 g/mol. The summed E-state index contributed by atoms with van der Waals surface area (Å²) in [6, 6.07) is 28.7. The number of phenolic OH excluding ortho intramolecular Hbond substituents is 1. The largest absolute Gasteiger partial charge is 0.508 e. The first-order chi connectivity index (χ1) is 24.7. The minimum atomic E-state index is -1.44. The van der Waals surface area contributed by atoms with E-state index in [1.165, 1.54) is 18.1 Å². The number of phenols is 1. The number of rotatable bonds is 7. The number of anilines is 2. The van der Waals surface area contributed by atoms with Gasteiger partial charge in [-0.1, -0.05) is 90.5 Å². The zero-order valence-electron chi connectivity index (χ0n) is 28.3. The third-order valence-electron chi connectivity index (χ3n) is 11.3. The molecule has 9 heteroatoms. The smallest absolute Gasteiger partial charge is 0.260 e. The molecule has 256 valence electrons. The Bertz CT molecular complexity index is 2130. The van der Waals surface area contributed by atoms with Crippen LogP contribution >= 0.6 is 0 Å². The van der Waals surface area contributed by atoms with E-state index in [0.717, 1.165) is 21.7 Å². The number of amides is 4. The maximum atomic E-state index is 15.3. The number of nitrogens with zero attached hydrogens (tertiary/aromatic N) is 2. The Morgan fingerprint density at radius 2 is 1.61 bits per heavy atom. The Morgan fingerprint density at radius 3 is 2.29 bits per heavy atom. The molecule has 0 spiro atoms. The number of ether oxygens (including phenoxy) is 1. The van der Waals surface area contributed by atoms with E-state index >= 15 is 4.79 Å². The molecule has 9 nitrogen and oxygen atoms in total. The lowest BCUT2D eigenvalue weighted by Crippen LogP contribution is -2.53. The fraction of sp³-hybridized carbons (Fsp3) is 0.238. The van der Waals surface area contributed by atoms with E-state index in [9.17, 15) is 19.5 Å². The first kappa shape index (κ1) is 32.3. The molecule has 3 fully saturated rings. The summed E-state index contributed by atoms with van der Waals surface area (Å²) in [5.74, 6) is -4.67. The van der Waals surface area contributed by atoms with Gasteiger partial charge < -0.3 is 9.84 Å². The number of carbonyl (C=O) groups excluding carboxylic acids is 4. The van der Waals surface area contributed by atoms with Crippen LogP contribution in [0.1, 0.15) is 41.0 Å². The molecule has 4 aromatic rings.